The van der Waals surface area contributed by atoms with Crippen molar-refractivity contribution in [3.05, 3.63) is 0 Å². The summed E-state index contributed by atoms with van der Waals surface area (Å²) in [6.45, 7) is 13.9. The molecule has 0 radical (unpaired) electrons. The molecule has 0 aromatic heterocycles. The summed E-state index contributed by atoms with van der Waals surface area (Å²) < 4.78 is 0. The summed E-state index contributed by atoms with van der Waals surface area (Å²) in [5, 5.41) is 0. The van der Waals surface area contributed by atoms with E-state index in [0.29, 0.717) is 6.04 Å². The van der Waals surface area contributed by atoms with Crippen molar-refractivity contribution >= 4 is 0 Å². The van der Waals surface area contributed by atoms with E-state index in [0.717, 1.165) is 18.4 Å². The van der Waals surface area contributed by atoms with Crippen LogP contribution in [0, 0.1) is 11.3 Å². The van der Waals surface area contributed by atoms with Crippen LogP contribution >= 0.6 is 0 Å². The van der Waals surface area contributed by atoms with Gasteiger partial charge in [-0.1, -0.05) is 47.5 Å². The van der Waals surface area contributed by atoms with Gasteiger partial charge in [-0.25, -0.2) is 0 Å². The van der Waals surface area contributed by atoms with Crippen molar-refractivity contribution in [2.24, 2.45) is 17.1 Å². The van der Waals surface area contributed by atoms with Gasteiger partial charge in [-0.15, -0.1) is 0 Å². The van der Waals surface area contributed by atoms with Gasteiger partial charge in [0.1, 0.15) is 0 Å². The maximum Gasteiger partial charge on any atom is 0.00998 e. The minimum Gasteiger partial charge on any atom is -0.327 e. The monoisotopic (exact) mass is 268 g/mol. The molecule has 0 aliphatic heterocycles. The van der Waals surface area contributed by atoms with Crippen molar-refractivity contribution in [1.29, 1.82) is 0 Å². The maximum absolute atomic E-state index is 6.33. The van der Waals surface area contributed by atoms with E-state index in [1.165, 1.54) is 45.2 Å². The van der Waals surface area contributed by atoms with Crippen molar-refractivity contribution in [3.63, 3.8) is 0 Å². The van der Waals surface area contributed by atoms with E-state index in [2.05, 4.69) is 39.5 Å². The lowest BCUT2D eigenvalue weighted by molar-refractivity contribution is 0.168. The fraction of sp³-hybridized carbons (Fsp3) is 1.00. The largest absolute Gasteiger partial charge is 0.327 e. The first-order valence-corrected chi connectivity index (χ1v) is 8.30. The summed E-state index contributed by atoms with van der Waals surface area (Å²) in [6.07, 6.45) is 8.12. The van der Waals surface area contributed by atoms with E-state index in [4.69, 9.17) is 5.73 Å². The highest BCUT2D eigenvalue weighted by Crippen LogP contribution is 2.26. The molecule has 2 nitrogen and oxygen atoms in total. The fourth-order valence-electron chi connectivity index (χ4n) is 2.91. The van der Waals surface area contributed by atoms with E-state index in [1.807, 2.05) is 0 Å². The maximum atomic E-state index is 6.33. The van der Waals surface area contributed by atoms with Crippen LogP contribution in [0.25, 0.3) is 0 Å². The van der Waals surface area contributed by atoms with Gasteiger partial charge < -0.3 is 10.6 Å². The number of hydrogen-bond donors (Lipinski definition) is 1. The summed E-state index contributed by atoms with van der Waals surface area (Å²) in [6, 6.07) is 1.15. The molecule has 0 bridgehead atoms. The molecule has 0 spiro atoms. The zero-order valence-electron chi connectivity index (χ0n) is 13.9. The van der Waals surface area contributed by atoms with Gasteiger partial charge in [0.15, 0.2) is 0 Å². The van der Waals surface area contributed by atoms with Crippen molar-refractivity contribution in [1.82, 2.24) is 4.90 Å². The first-order valence-electron chi connectivity index (χ1n) is 8.30. The van der Waals surface area contributed by atoms with Crippen LogP contribution in [0.5, 0.6) is 0 Å². The molecule has 1 fully saturated rings. The highest BCUT2D eigenvalue weighted by Gasteiger charge is 2.25. The van der Waals surface area contributed by atoms with E-state index in [-0.39, 0.29) is 5.41 Å². The number of nitrogens with zero attached hydrogens (tertiary/aromatic N) is 1. The Morgan fingerprint density at radius 2 is 1.58 bits per heavy atom. The van der Waals surface area contributed by atoms with Crippen LogP contribution in [0.2, 0.25) is 0 Å². The Labute approximate surface area is 121 Å². The standard InChI is InChI=1S/C17H36N2/c1-14(2)10-12-19(15-8-6-7-9-15)13-11-16(18)17(3,4)5/h14-16H,6-13,18H2,1-5H3. The smallest absolute Gasteiger partial charge is 0.00998 e. The van der Waals surface area contributed by atoms with Gasteiger partial charge in [-0.05, 0) is 50.1 Å². The third-order valence-electron chi connectivity index (χ3n) is 4.67. The molecule has 114 valence electrons. The highest BCUT2D eigenvalue weighted by atomic mass is 15.2. The predicted octanol–water partition coefficient (Wildman–Crippen LogP) is 4.04. The van der Waals surface area contributed by atoms with E-state index in [9.17, 15) is 0 Å². The summed E-state index contributed by atoms with van der Waals surface area (Å²) in [5.74, 6) is 0.806. The third kappa shape index (κ3) is 6.27. The molecule has 2 N–H and O–H groups in total. The minimum atomic E-state index is 0.236. The fourth-order valence-corrected chi connectivity index (χ4v) is 2.91. The molecule has 0 amide bonds. The summed E-state index contributed by atoms with van der Waals surface area (Å²) in [4.78, 5) is 2.73. The Bertz CT molecular complexity index is 236. The molecule has 0 saturated heterocycles. The molecule has 1 aliphatic carbocycles. The second-order valence-electron chi connectivity index (χ2n) is 7.92. The molecule has 0 aromatic carbocycles. The molecule has 1 unspecified atom stereocenters. The Morgan fingerprint density at radius 1 is 1.05 bits per heavy atom. The first kappa shape index (κ1) is 17.0. The van der Waals surface area contributed by atoms with Crippen LogP contribution in [0.3, 0.4) is 0 Å². The molecule has 1 saturated carbocycles. The van der Waals surface area contributed by atoms with Gasteiger partial charge in [-0.3, -0.25) is 0 Å². The van der Waals surface area contributed by atoms with Crippen LogP contribution in [-0.4, -0.2) is 30.1 Å². The lowest BCUT2D eigenvalue weighted by Crippen LogP contribution is -2.42. The Hall–Kier alpha value is -0.0800. The van der Waals surface area contributed by atoms with Crippen LogP contribution in [0.1, 0.15) is 73.1 Å². The summed E-state index contributed by atoms with van der Waals surface area (Å²) in [5.41, 5.74) is 6.56. The second kappa shape index (κ2) is 7.64. The van der Waals surface area contributed by atoms with Gasteiger partial charge in [0.2, 0.25) is 0 Å². The summed E-state index contributed by atoms with van der Waals surface area (Å²) in [7, 11) is 0. The highest BCUT2D eigenvalue weighted by molar-refractivity contribution is 4.82. The summed E-state index contributed by atoms with van der Waals surface area (Å²) >= 11 is 0. The van der Waals surface area contributed by atoms with Crippen molar-refractivity contribution in [2.45, 2.75) is 85.2 Å². The average Bonchev–Trinajstić information content (AvgIpc) is 2.80. The van der Waals surface area contributed by atoms with Gasteiger partial charge in [0.05, 0.1) is 0 Å². The first-order chi connectivity index (χ1) is 8.80. The average molecular weight is 268 g/mol. The minimum absolute atomic E-state index is 0.236. The normalized spacial score (nSPS) is 19.6. The molecule has 19 heavy (non-hydrogen) atoms. The molecule has 0 aromatic rings. The zero-order chi connectivity index (χ0) is 14.5. The Kier molecular flexibility index (Phi) is 6.82. The van der Waals surface area contributed by atoms with Crippen molar-refractivity contribution in [2.75, 3.05) is 13.1 Å². The molecule has 0 heterocycles. The zero-order valence-corrected chi connectivity index (χ0v) is 13.9. The molecule has 1 rings (SSSR count). The Balaban J connectivity index is 2.44. The lowest BCUT2D eigenvalue weighted by atomic mass is 9.85. The quantitative estimate of drug-likeness (QED) is 0.755. The molecule has 2 heteroatoms. The number of nitrogens with two attached hydrogens (primary N) is 1. The van der Waals surface area contributed by atoms with Crippen LogP contribution < -0.4 is 5.73 Å². The van der Waals surface area contributed by atoms with Gasteiger partial charge in [-0.2, -0.15) is 0 Å². The van der Waals surface area contributed by atoms with Crippen molar-refractivity contribution in [3.8, 4) is 0 Å². The van der Waals surface area contributed by atoms with Crippen LogP contribution in [0.4, 0.5) is 0 Å². The SMILES string of the molecule is CC(C)CCN(CCC(N)C(C)(C)C)C1CCCC1. The third-order valence-corrected chi connectivity index (χ3v) is 4.67. The van der Waals surface area contributed by atoms with E-state index in [1.54, 1.807) is 0 Å². The van der Waals surface area contributed by atoms with Gasteiger partial charge >= 0.3 is 0 Å². The molecular weight excluding hydrogens is 232 g/mol. The van der Waals surface area contributed by atoms with Crippen molar-refractivity contribution < 1.29 is 0 Å². The van der Waals surface area contributed by atoms with Crippen LogP contribution in [0.15, 0.2) is 0 Å². The second-order valence-corrected chi connectivity index (χ2v) is 7.92. The van der Waals surface area contributed by atoms with E-state index < -0.39 is 0 Å². The van der Waals surface area contributed by atoms with E-state index >= 15 is 0 Å². The van der Waals surface area contributed by atoms with Gasteiger partial charge in [0, 0.05) is 12.1 Å². The topological polar surface area (TPSA) is 29.3 Å². The molecule has 1 atom stereocenters. The lowest BCUT2D eigenvalue weighted by Gasteiger charge is -2.33. The number of rotatable bonds is 7. The molecule has 1 aliphatic rings. The molecular formula is C17H36N2. The van der Waals surface area contributed by atoms with Gasteiger partial charge in [0.25, 0.3) is 0 Å². The Morgan fingerprint density at radius 3 is 2.05 bits per heavy atom. The van der Waals surface area contributed by atoms with Crippen LogP contribution in [-0.2, 0) is 0 Å². The number of hydrogen-bond acceptors (Lipinski definition) is 2. The predicted molar refractivity (Wildman–Crippen MR) is 85.3 cm³/mol.